The Balaban J connectivity index is 0.00000341. The van der Waals surface area contributed by atoms with Crippen molar-refractivity contribution in [3.63, 3.8) is 0 Å². The van der Waals surface area contributed by atoms with Gasteiger partial charge in [0, 0.05) is 78.4 Å². The Morgan fingerprint density at radius 2 is 1.74 bits per heavy atom. The van der Waals surface area contributed by atoms with Crippen LogP contribution in [0.1, 0.15) is 31.7 Å². The van der Waals surface area contributed by atoms with Crippen LogP contribution in [-0.4, -0.2) is 92.0 Å². The van der Waals surface area contributed by atoms with Gasteiger partial charge >= 0.3 is 0 Å². The number of carbonyl (C=O) groups excluding carboxylic acids is 1. The second kappa shape index (κ2) is 14.6. The van der Waals surface area contributed by atoms with E-state index < -0.39 is 0 Å². The largest absolute Gasteiger partial charge is 0.357 e. The van der Waals surface area contributed by atoms with Gasteiger partial charge in [0.2, 0.25) is 5.91 Å². The van der Waals surface area contributed by atoms with E-state index in [0.29, 0.717) is 12.3 Å². The second-order valence-corrected chi connectivity index (χ2v) is 8.13. The van der Waals surface area contributed by atoms with Crippen molar-refractivity contribution in [1.82, 2.24) is 25.3 Å². The summed E-state index contributed by atoms with van der Waals surface area (Å²) < 4.78 is 0. The van der Waals surface area contributed by atoms with Crippen LogP contribution in [0.25, 0.3) is 0 Å². The van der Waals surface area contributed by atoms with Crippen molar-refractivity contribution in [2.75, 3.05) is 65.4 Å². The van der Waals surface area contributed by atoms with E-state index >= 15 is 0 Å². The molecule has 0 aliphatic carbocycles. The molecule has 3 rings (SSSR count). The number of hydrogen-bond acceptors (Lipinski definition) is 4. The summed E-state index contributed by atoms with van der Waals surface area (Å²) in [5.74, 6) is 1.18. The Hall–Kier alpha value is -1.39. The molecule has 2 N–H and O–H groups in total. The molecule has 2 fully saturated rings. The Labute approximate surface area is 204 Å². The van der Waals surface area contributed by atoms with E-state index in [1.54, 1.807) is 0 Å². The quantitative estimate of drug-likeness (QED) is 0.205. The number of guanidine groups is 1. The maximum Gasteiger partial charge on any atom is 0.222 e. The van der Waals surface area contributed by atoms with Gasteiger partial charge in [0.1, 0.15) is 0 Å². The molecule has 0 spiro atoms. The maximum absolute atomic E-state index is 11.7. The molecule has 0 unspecified atom stereocenters. The summed E-state index contributed by atoms with van der Waals surface area (Å²) in [6.07, 6.45) is 2.65. The average molecular weight is 543 g/mol. The minimum atomic E-state index is 0. The van der Waals surface area contributed by atoms with Gasteiger partial charge < -0.3 is 15.5 Å². The number of rotatable bonds is 10. The van der Waals surface area contributed by atoms with Crippen molar-refractivity contribution in [2.45, 2.75) is 32.7 Å². The lowest BCUT2D eigenvalue weighted by Gasteiger charge is -2.34. The molecular weight excluding hydrogens is 503 g/mol. The fourth-order valence-electron chi connectivity index (χ4n) is 4.08. The van der Waals surface area contributed by atoms with Crippen LogP contribution < -0.4 is 10.6 Å². The first-order chi connectivity index (χ1) is 14.7. The number of benzene rings is 1. The summed E-state index contributed by atoms with van der Waals surface area (Å²) in [7, 11) is 0. The summed E-state index contributed by atoms with van der Waals surface area (Å²) in [6.45, 7) is 12.9. The molecule has 0 aromatic heterocycles. The summed E-state index contributed by atoms with van der Waals surface area (Å²) in [5.41, 5.74) is 1.40. The second-order valence-electron chi connectivity index (χ2n) is 8.13. The van der Waals surface area contributed by atoms with Crippen LogP contribution in [0.15, 0.2) is 35.3 Å². The van der Waals surface area contributed by atoms with Crippen molar-refractivity contribution < 1.29 is 4.79 Å². The summed E-state index contributed by atoms with van der Waals surface area (Å²) in [6, 6.07) is 10.7. The van der Waals surface area contributed by atoms with Crippen LogP contribution in [0.2, 0.25) is 0 Å². The van der Waals surface area contributed by atoms with E-state index in [9.17, 15) is 4.79 Å². The van der Waals surface area contributed by atoms with E-state index in [0.717, 1.165) is 90.8 Å². The Bertz CT molecular complexity index is 663. The van der Waals surface area contributed by atoms with E-state index in [2.05, 4.69) is 62.7 Å². The monoisotopic (exact) mass is 542 g/mol. The predicted octanol–water partition coefficient (Wildman–Crippen LogP) is 1.99. The molecule has 0 bridgehead atoms. The van der Waals surface area contributed by atoms with Crippen molar-refractivity contribution in [2.24, 2.45) is 4.99 Å². The van der Waals surface area contributed by atoms with Crippen LogP contribution in [-0.2, 0) is 11.3 Å². The van der Waals surface area contributed by atoms with E-state index in [4.69, 9.17) is 0 Å². The highest BCUT2D eigenvalue weighted by Crippen LogP contribution is 2.10. The van der Waals surface area contributed by atoms with Crippen molar-refractivity contribution in [3.8, 4) is 0 Å². The Kier molecular flexibility index (Phi) is 12.2. The first-order valence-corrected chi connectivity index (χ1v) is 11.5. The molecule has 174 valence electrons. The molecule has 1 aromatic carbocycles. The number of nitrogens with one attached hydrogen (secondary N) is 2. The molecule has 7 nitrogen and oxygen atoms in total. The van der Waals surface area contributed by atoms with Crippen LogP contribution in [0.4, 0.5) is 0 Å². The van der Waals surface area contributed by atoms with Gasteiger partial charge in [0.25, 0.3) is 0 Å². The van der Waals surface area contributed by atoms with Gasteiger partial charge in [0.05, 0.1) is 0 Å². The van der Waals surface area contributed by atoms with Gasteiger partial charge in [-0.15, -0.1) is 24.0 Å². The Morgan fingerprint density at radius 3 is 2.42 bits per heavy atom. The normalized spacial score (nSPS) is 18.2. The molecule has 1 amide bonds. The molecular formula is C23H39IN6O. The third-order valence-corrected chi connectivity index (χ3v) is 5.81. The lowest BCUT2D eigenvalue weighted by Crippen LogP contribution is -2.49. The number of likely N-dealkylation sites (tertiary alicyclic amines) is 1. The van der Waals surface area contributed by atoms with E-state index in [1.807, 2.05) is 4.90 Å². The van der Waals surface area contributed by atoms with Gasteiger partial charge in [-0.05, 0) is 25.3 Å². The summed E-state index contributed by atoms with van der Waals surface area (Å²) in [4.78, 5) is 23.4. The molecule has 2 aliphatic heterocycles. The SMILES string of the molecule is CCNC(=NCCCN1CCCC1=O)NCCN1CCN(Cc2ccccc2)CC1.I. The van der Waals surface area contributed by atoms with Crippen molar-refractivity contribution in [3.05, 3.63) is 35.9 Å². The van der Waals surface area contributed by atoms with Gasteiger partial charge in [-0.1, -0.05) is 30.3 Å². The standard InChI is InChI=1S/C23H38N6O.HI/c1-2-24-23(25-11-7-14-29-13-6-10-22(29)30)26-12-15-27-16-18-28(19-17-27)20-21-8-4-3-5-9-21;/h3-5,8-9H,2,6-7,10-20H2,1H3,(H2,24,25,26);1H. The zero-order valence-corrected chi connectivity index (χ0v) is 21.2. The molecule has 2 heterocycles. The lowest BCUT2D eigenvalue weighted by molar-refractivity contribution is -0.127. The molecule has 8 heteroatoms. The fourth-order valence-corrected chi connectivity index (χ4v) is 4.08. The highest BCUT2D eigenvalue weighted by molar-refractivity contribution is 14.0. The Morgan fingerprint density at radius 1 is 1.00 bits per heavy atom. The molecule has 2 aliphatic rings. The van der Waals surface area contributed by atoms with E-state index in [1.165, 1.54) is 5.56 Å². The molecule has 0 radical (unpaired) electrons. The number of nitrogens with zero attached hydrogens (tertiary/aromatic N) is 4. The third kappa shape index (κ3) is 9.33. The number of amides is 1. The smallest absolute Gasteiger partial charge is 0.222 e. The first-order valence-electron chi connectivity index (χ1n) is 11.5. The van der Waals surface area contributed by atoms with Gasteiger partial charge in [0.15, 0.2) is 5.96 Å². The summed E-state index contributed by atoms with van der Waals surface area (Å²) in [5, 5.41) is 6.78. The van der Waals surface area contributed by atoms with E-state index in [-0.39, 0.29) is 24.0 Å². The number of halogens is 1. The van der Waals surface area contributed by atoms with Gasteiger partial charge in [-0.25, -0.2) is 0 Å². The van der Waals surface area contributed by atoms with Crippen LogP contribution >= 0.6 is 24.0 Å². The molecule has 1 aromatic rings. The number of carbonyl (C=O) groups is 1. The van der Waals surface area contributed by atoms with Crippen molar-refractivity contribution in [1.29, 1.82) is 0 Å². The minimum absolute atomic E-state index is 0. The zero-order chi connectivity index (χ0) is 21.0. The lowest BCUT2D eigenvalue weighted by atomic mass is 10.2. The topological polar surface area (TPSA) is 63.2 Å². The average Bonchev–Trinajstić information content (AvgIpc) is 3.18. The number of aliphatic imine (C=N–C) groups is 1. The van der Waals surface area contributed by atoms with Gasteiger partial charge in [-0.2, -0.15) is 0 Å². The molecule has 0 saturated carbocycles. The van der Waals surface area contributed by atoms with Crippen molar-refractivity contribution >= 4 is 35.8 Å². The van der Waals surface area contributed by atoms with Gasteiger partial charge in [-0.3, -0.25) is 19.6 Å². The first kappa shape index (κ1) is 25.9. The third-order valence-electron chi connectivity index (χ3n) is 5.81. The number of hydrogen-bond donors (Lipinski definition) is 2. The molecule has 0 atom stereocenters. The predicted molar refractivity (Wildman–Crippen MR) is 138 cm³/mol. The summed E-state index contributed by atoms with van der Waals surface area (Å²) >= 11 is 0. The zero-order valence-electron chi connectivity index (χ0n) is 18.9. The number of piperazine rings is 1. The fraction of sp³-hybridized carbons (Fsp3) is 0.652. The highest BCUT2D eigenvalue weighted by Gasteiger charge is 2.19. The van der Waals surface area contributed by atoms with Crippen LogP contribution in [0.5, 0.6) is 0 Å². The van der Waals surface area contributed by atoms with Crippen LogP contribution in [0.3, 0.4) is 0 Å². The minimum Gasteiger partial charge on any atom is -0.357 e. The molecule has 31 heavy (non-hydrogen) atoms. The van der Waals surface area contributed by atoms with Crippen LogP contribution in [0, 0.1) is 0 Å². The molecule has 2 saturated heterocycles. The maximum atomic E-state index is 11.7. The highest BCUT2D eigenvalue weighted by atomic mass is 127.